The number of aromatic hydroxyl groups is 1. The highest BCUT2D eigenvalue weighted by atomic mass is 19.4. The first-order valence-electron chi connectivity index (χ1n) is 5.78. The minimum Gasteiger partial charge on any atom is -0.506 e. The lowest BCUT2D eigenvalue weighted by Crippen LogP contribution is -2.17. The van der Waals surface area contributed by atoms with Gasteiger partial charge in [-0.15, -0.1) is 0 Å². The van der Waals surface area contributed by atoms with E-state index in [1.54, 1.807) is 6.92 Å². The third kappa shape index (κ3) is 2.96. The molecule has 9 heteroatoms. The molecular weight excluding hydrogens is 289 g/mol. The molecule has 6 nitrogen and oxygen atoms in total. The Morgan fingerprint density at radius 1 is 1.38 bits per heavy atom. The van der Waals surface area contributed by atoms with Crippen molar-refractivity contribution >= 4 is 11.9 Å². The van der Waals surface area contributed by atoms with Gasteiger partial charge in [0.1, 0.15) is 11.6 Å². The van der Waals surface area contributed by atoms with E-state index >= 15 is 0 Å². The van der Waals surface area contributed by atoms with Gasteiger partial charge in [0.15, 0.2) is 0 Å². The molecule has 0 bridgehead atoms. The number of halogens is 3. The molecule has 1 heterocycles. The van der Waals surface area contributed by atoms with E-state index in [4.69, 9.17) is 0 Å². The Bertz CT molecular complexity index is 694. The SMILES string of the molecule is Cc1nc(NC(=O)c2cccc(C(F)(F)F)c2O)n(C)n1. The van der Waals surface area contributed by atoms with Crippen LogP contribution in [0.3, 0.4) is 0 Å². The second-order valence-corrected chi connectivity index (χ2v) is 4.26. The maximum absolute atomic E-state index is 12.7. The molecule has 1 aromatic heterocycles. The number of amides is 1. The number of phenols is 1. The van der Waals surface area contributed by atoms with Crippen molar-refractivity contribution in [3.8, 4) is 5.75 Å². The van der Waals surface area contributed by atoms with Gasteiger partial charge in [-0.2, -0.15) is 23.3 Å². The average Bonchev–Trinajstić information content (AvgIpc) is 2.66. The lowest BCUT2D eigenvalue weighted by molar-refractivity contribution is -0.138. The highest BCUT2D eigenvalue weighted by Crippen LogP contribution is 2.37. The van der Waals surface area contributed by atoms with E-state index in [0.717, 1.165) is 12.1 Å². The van der Waals surface area contributed by atoms with Gasteiger partial charge in [0.2, 0.25) is 5.95 Å². The number of phenolic OH excluding ortho intramolecular Hbond substituents is 1. The number of hydrogen-bond acceptors (Lipinski definition) is 4. The monoisotopic (exact) mass is 300 g/mol. The summed E-state index contributed by atoms with van der Waals surface area (Å²) < 4.78 is 39.3. The lowest BCUT2D eigenvalue weighted by Gasteiger charge is -2.12. The molecule has 0 unspecified atom stereocenters. The third-order valence-electron chi connectivity index (χ3n) is 2.68. The van der Waals surface area contributed by atoms with Crippen molar-refractivity contribution in [2.75, 3.05) is 5.32 Å². The largest absolute Gasteiger partial charge is 0.506 e. The van der Waals surface area contributed by atoms with E-state index in [0.29, 0.717) is 11.9 Å². The van der Waals surface area contributed by atoms with Crippen LogP contribution in [-0.2, 0) is 13.2 Å². The van der Waals surface area contributed by atoms with E-state index in [1.165, 1.54) is 11.7 Å². The Morgan fingerprint density at radius 3 is 2.57 bits per heavy atom. The second kappa shape index (κ2) is 5.08. The Kier molecular flexibility index (Phi) is 3.58. The van der Waals surface area contributed by atoms with Gasteiger partial charge >= 0.3 is 6.18 Å². The van der Waals surface area contributed by atoms with Gasteiger partial charge in [0.25, 0.3) is 5.91 Å². The summed E-state index contributed by atoms with van der Waals surface area (Å²) in [6, 6.07) is 2.82. The number of benzene rings is 1. The van der Waals surface area contributed by atoms with Gasteiger partial charge in [0, 0.05) is 7.05 Å². The second-order valence-electron chi connectivity index (χ2n) is 4.26. The predicted octanol–water partition coefficient (Wildman–Crippen LogP) is 2.10. The molecule has 112 valence electrons. The van der Waals surface area contributed by atoms with Crippen molar-refractivity contribution in [1.29, 1.82) is 0 Å². The number of anilines is 1. The summed E-state index contributed by atoms with van der Waals surface area (Å²) in [6.45, 7) is 1.59. The number of carbonyl (C=O) groups is 1. The molecule has 0 aliphatic rings. The molecule has 0 aliphatic heterocycles. The zero-order valence-corrected chi connectivity index (χ0v) is 11.1. The summed E-state index contributed by atoms with van der Waals surface area (Å²) in [5.41, 5.74) is -1.77. The maximum atomic E-state index is 12.7. The Morgan fingerprint density at radius 2 is 2.05 bits per heavy atom. The summed E-state index contributed by atoms with van der Waals surface area (Å²) in [4.78, 5) is 15.8. The number of aromatic nitrogens is 3. The van der Waals surface area contributed by atoms with Gasteiger partial charge < -0.3 is 5.11 Å². The highest BCUT2D eigenvalue weighted by molar-refractivity contribution is 6.05. The fraction of sp³-hybridized carbons (Fsp3) is 0.250. The van der Waals surface area contributed by atoms with Crippen LogP contribution in [0.1, 0.15) is 21.7 Å². The van der Waals surface area contributed by atoms with Crippen LogP contribution in [-0.4, -0.2) is 25.8 Å². The van der Waals surface area contributed by atoms with Crippen LogP contribution >= 0.6 is 0 Å². The quantitative estimate of drug-likeness (QED) is 0.890. The van der Waals surface area contributed by atoms with E-state index in [-0.39, 0.29) is 5.95 Å². The maximum Gasteiger partial charge on any atom is 0.419 e. The number of rotatable bonds is 2. The van der Waals surface area contributed by atoms with E-state index in [2.05, 4.69) is 15.4 Å². The first kappa shape index (κ1) is 14.8. The minimum atomic E-state index is -4.75. The lowest BCUT2D eigenvalue weighted by atomic mass is 10.1. The van der Waals surface area contributed by atoms with Crippen molar-refractivity contribution in [3.63, 3.8) is 0 Å². The van der Waals surface area contributed by atoms with Gasteiger partial charge in [-0.05, 0) is 19.1 Å². The van der Waals surface area contributed by atoms with Crippen LogP contribution < -0.4 is 5.32 Å². The molecule has 0 aliphatic carbocycles. The summed E-state index contributed by atoms with van der Waals surface area (Å²) in [6.07, 6.45) is -4.75. The minimum absolute atomic E-state index is 0.0642. The number of nitrogens with zero attached hydrogens (tertiary/aromatic N) is 3. The van der Waals surface area contributed by atoms with Crippen LogP contribution in [0.5, 0.6) is 5.75 Å². The zero-order chi connectivity index (χ0) is 15.8. The zero-order valence-electron chi connectivity index (χ0n) is 11.1. The molecule has 2 aromatic rings. The molecule has 0 atom stereocenters. The fourth-order valence-electron chi connectivity index (χ4n) is 1.75. The van der Waals surface area contributed by atoms with Crippen molar-refractivity contribution in [3.05, 3.63) is 35.2 Å². The first-order valence-corrected chi connectivity index (χ1v) is 5.78. The van der Waals surface area contributed by atoms with E-state index in [1.807, 2.05) is 0 Å². The highest BCUT2D eigenvalue weighted by Gasteiger charge is 2.35. The standard InChI is InChI=1S/C12H11F3N4O2/c1-6-16-11(19(2)18-6)17-10(21)7-4-3-5-8(9(7)20)12(13,14)15/h3-5,20H,1-2H3,(H,16,17,18,21). The normalized spacial score (nSPS) is 11.5. The van der Waals surface area contributed by atoms with Gasteiger partial charge in [-0.1, -0.05) is 6.07 Å². The number of hydrogen-bond donors (Lipinski definition) is 2. The molecule has 21 heavy (non-hydrogen) atoms. The van der Waals surface area contributed by atoms with Crippen LogP contribution in [0.4, 0.5) is 19.1 Å². The number of aryl methyl sites for hydroxylation is 2. The molecule has 0 radical (unpaired) electrons. The summed E-state index contributed by atoms with van der Waals surface area (Å²) in [5, 5.41) is 15.8. The molecular formula is C12H11F3N4O2. The molecule has 1 amide bonds. The molecule has 2 N–H and O–H groups in total. The predicted molar refractivity (Wildman–Crippen MR) is 66.8 cm³/mol. The number of alkyl halides is 3. The first-order chi connectivity index (χ1) is 9.70. The van der Waals surface area contributed by atoms with Crippen LogP contribution in [0.2, 0.25) is 0 Å². The number of para-hydroxylation sites is 1. The molecule has 0 fully saturated rings. The smallest absolute Gasteiger partial charge is 0.419 e. The van der Waals surface area contributed by atoms with Crippen LogP contribution in [0, 0.1) is 6.92 Å². The average molecular weight is 300 g/mol. The molecule has 0 saturated heterocycles. The fourth-order valence-corrected chi connectivity index (χ4v) is 1.75. The van der Waals surface area contributed by atoms with E-state index in [9.17, 15) is 23.1 Å². The number of carbonyl (C=O) groups excluding carboxylic acids is 1. The van der Waals surface area contributed by atoms with Gasteiger partial charge in [-0.25, -0.2) is 4.68 Å². The van der Waals surface area contributed by atoms with Crippen molar-refractivity contribution < 1.29 is 23.1 Å². The Labute approximate surface area is 117 Å². The Balaban J connectivity index is 2.34. The van der Waals surface area contributed by atoms with Gasteiger partial charge in [-0.3, -0.25) is 10.1 Å². The molecule has 1 aromatic carbocycles. The van der Waals surface area contributed by atoms with Gasteiger partial charge in [0.05, 0.1) is 11.1 Å². The van der Waals surface area contributed by atoms with Crippen LogP contribution in [0.25, 0.3) is 0 Å². The van der Waals surface area contributed by atoms with E-state index < -0.39 is 29.0 Å². The summed E-state index contributed by atoms with van der Waals surface area (Å²) in [7, 11) is 1.52. The number of nitrogens with one attached hydrogen (secondary N) is 1. The molecule has 2 rings (SSSR count). The summed E-state index contributed by atoms with van der Waals surface area (Å²) in [5.74, 6) is -1.58. The molecule has 0 spiro atoms. The Hall–Kier alpha value is -2.58. The third-order valence-corrected chi connectivity index (χ3v) is 2.68. The molecule has 0 saturated carbocycles. The van der Waals surface area contributed by atoms with Crippen LogP contribution in [0.15, 0.2) is 18.2 Å². The van der Waals surface area contributed by atoms with Crippen molar-refractivity contribution in [2.24, 2.45) is 7.05 Å². The van der Waals surface area contributed by atoms with Crippen molar-refractivity contribution in [2.45, 2.75) is 13.1 Å². The van der Waals surface area contributed by atoms with Crippen molar-refractivity contribution in [1.82, 2.24) is 14.8 Å². The summed E-state index contributed by atoms with van der Waals surface area (Å²) >= 11 is 0. The topological polar surface area (TPSA) is 80.0 Å².